The Balaban J connectivity index is 2.07. The van der Waals surface area contributed by atoms with Crippen LogP contribution in [0.1, 0.15) is 38.1 Å². The summed E-state index contributed by atoms with van der Waals surface area (Å²) in [6.07, 6.45) is 0. The normalized spacial score (nSPS) is 11.5. The predicted octanol–water partition coefficient (Wildman–Crippen LogP) is 3.95. The number of para-hydroxylation sites is 1. The number of carbonyl (C=O) groups excluding carboxylic acids is 3. The van der Waals surface area contributed by atoms with E-state index in [1.165, 1.54) is 0 Å². The van der Waals surface area contributed by atoms with E-state index in [2.05, 4.69) is 16.0 Å². The smallest absolute Gasteiger partial charge is 0.319 e. The minimum absolute atomic E-state index is 0.0862. The van der Waals surface area contributed by atoms with Crippen LogP contribution in [0.5, 0.6) is 0 Å². The zero-order valence-electron chi connectivity index (χ0n) is 17.9. The van der Waals surface area contributed by atoms with Crippen LogP contribution in [0.4, 0.5) is 16.2 Å². The van der Waals surface area contributed by atoms with Gasteiger partial charge >= 0.3 is 6.03 Å². The molecule has 1 atom stereocenters. The van der Waals surface area contributed by atoms with Crippen molar-refractivity contribution in [3.8, 4) is 0 Å². The Morgan fingerprint density at radius 2 is 1.50 bits per heavy atom. The van der Waals surface area contributed by atoms with Gasteiger partial charge in [0.2, 0.25) is 5.91 Å². The van der Waals surface area contributed by atoms with Crippen molar-refractivity contribution in [3.63, 3.8) is 0 Å². The van der Waals surface area contributed by atoms with Gasteiger partial charge in [-0.1, -0.05) is 38.1 Å². The summed E-state index contributed by atoms with van der Waals surface area (Å²) in [5, 5.41) is 8.25. The first-order chi connectivity index (χ1) is 14.3. The standard InChI is InChI=1S/C23H30N4O3/c1-5-27(6-2)22(29)17-11-10-14-19(15-17)24-21(28)20(16(3)4)26-23(30)25-18-12-8-7-9-13-18/h7-16,20H,5-6H2,1-4H3,(H,24,28)(H2,25,26,30). The lowest BCUT2D eigenvalue weighted by Gasteiger charge is -2.22. The Morgan fingerprint density at radius 3 is 2.10 bits per heavy atom. The van der Waals surface area contributed by atoms with Crippen molar-refractivity contribution in [2.24, 2.45) is 5.92 Å². The van der Waals surface area contributed by atoms with Crippen molar-refractivity contribution in [2.45, 2.75) is 33.7 Å². The van der Waals surface area contributed by atoms with E-state index in [-0.39, 0.29) is 17.7 Å². The SMILES string of the molecule is CCN(CC)C(=O)c1cccc(NC(=O)C(NC(=O)Nc2ccccc2)C(C)C)c1. The highest BCUT2D eigenvalue weighted by Gasteiger charge is 2.24. The summed E-state index contributed by atoms with van der Waals surface area (Å²) in [7, 11) is 0. The summed E-state index contributed by atoms with van der Waals surface area (Å²) in [6, 6.07) is 14.6. The van der Waals surface area contributed by atoms with Crippen LogP contribution in [0, 0.1) is 5.92 Å². The number of nitrogens with zero attached hydrogens (tertiary/aromatic N) is 1. The molecule has 0 spiro atoms. The summed E-state index contributed by atoms with van der Waals surface area (Å²) in [4.78, 5) is 39.4. The van der Waals surface area contributed by atoms with E-state index in [1.54, 1.807) is 41.3 Å². The molecule has 0 bridgehead atoms. The molecule has 0 heterocycles. The van der Waals surface area contributed by atoms with Crippen LogP contribution < -0.4 is 16.0 Å². The molecule has 0 aliphatic carbocycles. The first-order valence-electron chi connectivity index (χ1n) is 10.2. The number of hydrogen-bond donors (Lipinski definition) is 3. The fourth-order valence-electron chi connectivity index (χ4n) is 3.01. The third-order valence-corrected chi connectivity index (χ3v) is 4.70. The van der Waals surface area contributed by atoms with Crippen LogP contribution in [-0.4, -0.2) is 41.9 Å². The first kappa shape index (κ1) is 22.9. The molecule has 0 radical (unpaired) electrons. The van der Waals surface area contributed by atoms with Gasteiger partial charge in [-0.3, -0.25) is 9.59 Å². The Labute approximate surface area is 177 Å². The number of anilines is 2. The van der Waals surface area contributed by atoms with E-state index in [4.69, 9.17) is 0 Å². The van der Waals surface area contributed by atoms with Crippen LogP contribution in [-0.2, 0) is 4.79 Å². The number of hydrogen-bond acceptors (Lipinski definition) is 3. The fourth-order valence-corrected chi connectivity index (χ4v) is 3.01. The molecule has 0 aromatic heterocycles. The van der Waals surface area contributed by atoms with Gasteiger partial charge in [0.05, 0.1) is 0 Å². The molecule has 2 rings (SSSR count). The number of benzene rings is 2. The quantitative estimate of drug-likeness (QED) is 0.615. The number of urea groups is 1. The van der Waals surface area contributed by atoms with E-state index < -0.39 is 12.1 Å². The number of nitrogens with one attached hydrogen (secondary N) is 3. The van der Waals surface area contributed by atoms with Crippen LogP contribution in [0.2, 0.25) is 0 Å². The Hall–Kier alpha value is -3.35. The van der Waals surface area contributed by atoms with E-state index in [0.29, 0.717) is 30.0 Å². The molecule has 0 aliphatic heterocycles. The van der Waals surface area contributed by atoms with Gasteiger partial charge in [-0.15, -0.1) is 0 Å². The maximum Gasteiger partial charge on any atom is 0.319 e. The van der Waals surface area contributed by atoms with Gasteiger partial charge in [-0.05, 0) is 50.1 Å². The van der Waals surface area contributed by atoms with E-state index in [1.807, 2.05) is 45.9 Å². The molecule has 1 unspecified atom stereocenters. The zero-order valence-corrected chi connectivity index (χ0v) is 17.9. The number of amides is 4. The minimum Gasteiger partial charge on any atom is -0.339 e. The average molecular weight is 411 g/mol. The fraction of sp³-hybridized carbons (Fsp3) is 0.348. The summed E-state index contributed by atoms with van der Waals surface area (Å²) < 4.78 is 0. The molecule has 0 saturated carbocycles. The molecule has 0 saturated heterocycles. The average Bonchev–Trinajstić information content (AvgIpc) is 2.73. The number of rotatable bonds is 8. The molecule has 2 aromatic carbocycles. The summed E-state index contributed by atoms with van der Waals surface area (Å²) in [5.41, 5.74) is 1.65. The lowest BCUT2D eigenvalue weighted by Crippen LogP contribution is -2.48. The third-order valence-electron chi connectivity index (χ3n) is 4.70. The van der Waals surface area contributed by atoms with Gasteiger partial charge in [0, 0.05) is 30.0 Å². The van der Waals surface area contributed by atoms with E-state index in [9.17, 15) is 14.4 Å². The first-order valence-corrected chi connectivity index (χ1v) is 10.2. The predicted molar refractivity (Wildman–Crippen MR) is 120 cm³/mol. The highest BCUT2D eigenvalue weighted by Crippen LogP contribution is 2.15. The van der Waals surface area contributed by atoms with E-state index >= 15 is 0 Å². The summed E-state index contributed by atoms with van der Waals surface area (Å²) >= 11 is 0. The molecule has 30 heavy (non-hydrogen) atoms. The lowest BCUT2D eigenvalue weighted by atomic mass is 10.0. The molecule has 2 aromatic rings. The Bertz CT molecular complexity index is 864. The van der Waals surface area contributed by atoms with E-state index in [0.717, 1.165) is 0 Å². The van der Waals surface area contributed by atoms with Gasteiger partial charge in [0.15, 0.2) is 0 Å². The highest BCUT2D eigenvalue weighted by molar-refractivity contribution is 6.01. The third kappa shape index (κ3) is 6.34. The van der Waals surface area contributed by atoms with Gasteiger partial charge < -0.3 is 20.9 Å². The van der Waals surface area contributed by atoms with Crippen molar-refractivity contribution in [3.05, 3.63) is 60.2 Å². The largest absolute Gasteiger partial charge is 0.339 e. The molecule has 0 fully saturated rings. The van der Waals surface area contributed by atoms with Crippen molar-refractivity contribution in [1.82, 2.24) is 10.2 Å². The Kier molecular flexibility index (Phi) is 8.41. The zero-order chi connectivity index (χ0) is 22.1. The van der Waals surface area contributed by atoms with Crippen molar-refractivity contribution in [2.75, 3.05) is 23.7 Å². The molecule has 7 nitrogen and oxygen atoms in total. The molecule has 0 aliphatic rings. The van der Waals surface area contributed by atoms with Gasteiger partial charge in [-0.25, -0.2) is 4.79 Å². The molecular formula is C23H30N4O3. The second-order valence-electron chi connectivity index (χ2n) is 7.23. The maximum absolute atomic E-state index is 12.8. The highest BCUT2D eigenvalue weighted by atomic mass is 16.2. The van der Waals surface area contributed by atoms with Crippen molar-refractivity contribution >= 4 is 29.2 Å². The molecule has 3 N–H and O–H groups in total. The van der Waals surface area contributed by atoms with Crippen molar-refractivity contribution < 1.29 is 14.4 Å². The number of carbonyl (C=O) groups is 3. The van der Waals surface area contributed by atoms with Crippen LogP contribution in [0.15, 0.2) is 54.6 Å². The monoisotopic (exact) mass is 410 g/mol. The van der Waals surface area contributed by atoms with Crippen LogP contribution >= 0.6 is 0 Å². The van der Waals surface area contributed by atoms with Crippen LogP contribution in [0.3, 0.4) is 0 Å². The molecular weight excluding hydrogens is 380 g/mol. The van der Waals surface area contributed by atoms with Gasteiger partial charge in [-0.2, -0.15) is 0 Å². The molecule has 7 heteroatoms. The lowest BCUT2D eigenvalue weighted by molar-refractivity contribution is -0.118. The topological polar surface area (TPSA) is 90.5 Å². The van der Waals surface area contributed by atoms with Crippen molar-refractivity contribution in [1.29, 1.82) is 0 Å². The molecule has 4 amide bonds. The second-order valence-corrected chi connectivity index (χ2v) is 7.23. The summed E-state index contributed by atoms with van der Waals surface area (Å²) in [6.45, 7) is 8.78. The Morgan fingerprint density at radius 1 is 0.867 bits per heavy atom. The summed E-state index contributed by atoms with van der Waals surface area (Å²) in [5.74, 6) is -0.565. The molecule has 160 valence electrons. The van der Waals surface area contributed by atoms with Gasteiger partial charge in [0.25, 0.3) is 5.91 Å². The minimum atomic E-state index is -0.740. The van der Waals surface area contributed by atoms with Gasteiger partial charge in [0.1, 0.15) is 6.04 Å². The second kappa shape index (κ2) is 11.0. The van der Waals surface area contributed by atoms with Crippen LogP contribution in [0.25, 0.3) is 0 Å². The maximum atomic E-state index is 12.8.